The van der Waals surface area contributed by atoms with E-state index in [-0.39, 0.29) is 24.4 Å². The number of aryl methyl sites for hydroxylation is 1. The summed E-state index contributed by atoms with van der Waals surface area (Å²) >= 11 is 0. The number of carbonyl (C=O) groups is 3. The zero-order valence-corrected chi connectivity index (χ0v) is 15.8. The molecule has 4 rings (SSSR count). The molecule has 0 unspecified atom stereocenters. The van der Waals surface area contributed by atoms with Crippen LogP contribution in [0.2, 0.25) is 0 Å². The number of urea groups is 1. The second-order valence-electron chi connectivity index (χ2n) is 7.44. The number of benzene rings is 2. The Kier molecular flexibility index (Phi) is 4.63. The molecule has 2 atom stereocenters. The number of fused-ring (bicyclic) bond motifs is 2. The molecule has 1 aliphatic carbocycles. The first-order chi connectivity index (χ1) is 13.5. The SMILES string of the molecule is C[C@H](NC(=O)CN1C(=O)N[C@@]2(CCCc3ccccc32)C1=O)c1ccccc1. The minimum atomic E-state index is -1.04. The Morgan fingerprint density at radius 2 is 1.86 bits per heavy atom. The van der Waals surface area contributed by atoms with E-state index >= 15 is 0 Å². The molecule has 1 saturated heterocycles. The van der Waals surface area contributed by atoms with Gasteiger partial charge in [-0.25, -0.2) is 4.79 Å². The number of nitrogens with zero attached hydrogens (tertiary/aromatic N) is 1. The van der Waals surface area contributed by atoms with E-state index in [4.69, 9.17) is 0 Å². The molecule has 1 aliphatic heterocycles. The van der Waals surface area contributed by atoms with Gasteiger partial charge in [0, 0.05) is 0 Å². The quantitative estimate of drug-likeness (QED) is 0.804. The second-order valence-corrected chi connectivity index (χ2v) is 7.44. The first-order valence-electron chi connectivity index (χ1n) is 9.58. The van der Waals surface area contributed by atoms with Crippen molar-refractivity contribution in [1.82, 2.24) is 15.5 Å². The van der Waals surface area contributed by atoms with Crippen molar-refractivity contribution in [3.63, 3.8) is 0 Å². The van der Waals surface area contributed by atoms with Crippen LogP contribution in [0, 0.1) is 0 Å². The van der Waals surface area contributed by atoms with E-state index in [1.165, 1.54) is 0 Å². The van der Waals surface area contributed by atoms with E-state index < -0.39 is 11.6 Å². The molecular formula is C22H23N3O3. The van der Waals surface area contributed by atoms with Crippen LogP contribution in [-0.2, 0) is 21.5 Å². The van der Waals surface area contributed by atoms with Crippen LogP contribution in [0.15, 0.2) is 54.6 Å². The zero-order chi connectivity index (χ0) is 19.7. The van der Waals surface area contributed by atoms with Crippen LogP contribution in [0.3, 0.4) is 0 Å². The average molecular weight is 377 g/mol. The van der Waals surface area contributed by atoms with Gasteiger partial charge < -0.3 is 10.6 Å². The maximum Gasteiger partial charge on any atom is 0.325 e. The predicted molar refractivity (Wildman–Crippen MR) is 104 cm³/mol. The Morgan fingerprint density at radius 3 is 2.64 bits per heavy atom. The summed E-state index contributed by atoms with van der Waals surface area (Å²) in [6, 6.07) is 16.5. The number of hydrogen-bond donors (Lipinski definition) is 2. The van der Waals surface area contributed by atoms with Crippen molar-refractivity contribution in [2.75, 3.05) is 6.54 Å². The lowest BCUT2D eigenvalue weighted by molar-refractivity contribution is -0.135. The number of rotatable bonds is 4. The highest BCUT2D eigenvalue weighted by atomic mass is 16.2. The second kappa shape index (κ2) is 7.11. The molecule has 2 aromatic carbocycles. The summed E-state index contributed by atoms with van der Waals surface area (Å²) in [5.41, 5.74) is 1.84. The largest absolute Gasteiger partial charge is 0.348 e. The molecule has 1 spiro atoms. The van der Waals surface area contributed by atoms with Crippen molar-refractivity contribution in [2.45, 2.75) is 37.8 Å². The van der Waals surface area contributed by atoms with Crippen molar-refractivity contribution in [2.24, 2.45) is 0 Å². The minimum Gasteiger partial charge on any atom is -0.348 e. The number of nitrogens with one attached hydrogen (secondary N) is 2. The molecule has 2 N–H and O–H groups in total. The van der Waals surface area contributed by atoms with Gasteiger partial charge in [-0.2, -0.15) is 0 Å². The standard InChI is InChI=1S/C22H23N3O3/c1-15(16-8-3-2-4-9-16)23-19(26)14-25-20(27)22(24-21(25)28)13-7-11-17-10-5-6-12-18(17)22/h2-6,8-10,12,15H,7,11,13-14H2,1H3,(H,23,26)(H,24,28)/t15-,22+/m0/s1. The Morgan fingerprint density at radius 1 is 1.14 bits per heavy atom. The smallest absolute Gasteiger partial charge is 0.325 e. The summed E-state index contributed by atoms with van der Waals surface area (Å²) < 4.78 is 0. The molecule has 28 heavy (non-hydrogen) atoms. The Balaban J connectivity index is 1.50. The number of carbonyl (C=O) groups excluding carboxylic acids is 3. The van der Waals surface area contributed by atoms with E-state index in [2.05, 4.69) is 10.6 Å². The summed E-state index contributed by atoms with van der Waals surface area (Å²) in [6.45, 7) is 1.59. The van der Waals surface area contributed by atoms with Gasteiger partial charge in [0.15, 0.2) is 0 Å². The van der Waals surface area contributed by atoms with Crippen LogP contribution >= 0.6 is 0 Å². The molecule has 2 aromatic rings. The van der Waals surface area contributed by atoms with E-state index in [0.29, 0.717) is 6.42 Å². The van der Waals surface area contributed by atoms with Gasteiger partial charge in [0.25, 0.3) is 5.91 Å². The van der Waals surface area contributed by atoms with Gasteiger partial charge in [-0.15, -0.1) is 0 Å². The summed E-state index contributed by atoms with van der Waals surface area (Å²) in [7, 11) is 0. The maximum atomic E-state index is 13.2. The fourth-order valence-electron chi connectivity index (χ4n) is 4.21. The van der Waals surface area contributed by atoms with Crippen molar-refractivity contribution in [3.05, 3.63) is 71.3 Å². The zero-order valence-electron chi connectivity index (χ0n) is 15.8. The molecule has 6 heteroatoms. The number of imide groups is 1. The molecule has 0 bridgehead atoms. The van der Waals surface area contributed by atoms with Crippen molar-refractivity contribution >= 4 is 17.8 Å². The van der Waals surface area contributed by atoms with Gasteiger partial charge in [0.05, 0.1) is 6.04 Å². The summed E-state index contributed by atoms with van der Waals surface area (Å²) in [5, 5.41) is 5.73. The van der Waals surface area contributed by atoms with Crippen molar-refractivity contribution < 1.29 is 14.4 Å². The first kappa shape index (κ1) is 18.2. The molecule has 2 aliphatic rings. The predicted octanol–water partition coefficient (Wildman–Crippen LogP) is 2.65. The van der Waals surface area contributed by atoms with Crippen LogP contribution in [0.1, 0.15) is 42.5 Å². The van der Waals surface area contributed by atoms with E-state index in [1.54, 1.807) is 0 Å². The third-order valence-electron chi connectivity index (χ3n) is 5.63. The molecule has 1 heterocycles. The summed E-state index contributed by atoms with van der Waals surface area (Å²) in [4.78, 5) is 39.3. The summed E-state index contributed by atoms with van der Waals surface area (Å²) in [5.74, 6) is -0.701. The molecular weight excluding hydrogens is 354 g/mol. The van der Waals surface area contributed by atoms with Gasteiger partial charge >= 0.3 is 6.03 Å². The van der Waals surface area contributed by atoms with E-state index in [0.717, 1.165) is 34.4 Å². The van der Waals surface area contributed by atoms with Gasteiger partial charge in [-0.05, 0) is 42.9 Å². The Labute approximate surface area is 163 Å². The van der Waals surface area contributed by atoms with Crippen LogP contribution < -0.4 is 10.6 Å². The van der Waals surface area contributed by atoms with Gasteiger partial charge in [0.1, 0.15) is 12.1 Å². The van der Waals surface area contributed by atoms with E-state index in [1.807, 2.05) is 61.5 Å². The fourth-order valence-corrected chi connectivity index (χ4v) is 4.21. The van der Waals surface area contributed by atoms with Crippen LogP contribution in [-0.4, -0.2) is 29.3 Å². The monoisotopic (exact) mass is 377 g/mol. The first-order valence-corrected chi connectivity index (χ1v) is 9.58. The van der Waals surface area contributed by atoms with Gasteiger partial charge in [-0.3, -0.25) is 14.5 Å². The lowest BCUT2D eigenvalue weighted by Gasteiger charge is -2.33. The molecule has 1 fully saturated rings. The maximum absolute atomic E-state index is 13.2. The highest BCUT2D eigenvalue weighted by Gasteiger charge is 2.54. The van der Waals surface area contributed by atoms with Crippen molar-refractivity contribution in [1.29, 1.82) is 0 Å². The Hall–Kier alpha value is -3.15. The lowest BCUT2D eigenvalue weighted by atomic mass is 9.76. The Bertz CT molecular complexity index is 928. The number of hydrogen-bond acceptors (Lipinski definition) is 3. The van der Waals surface area contributed by atoms with Crippen LogP contribution in [0.25, 0.3) is 0 Å². The van der Waals surface area contributed by atoms with E-state index in [9.17, 15) is 14.4 Å². The molecule has 0 aromatic heterocycles. The molecule has 0 saturated carbocycles. The van der Waals surface area contributed by atoms with Crippen molar-refractivity contribution in [3.8, 4) is 0 Å². The highest BCUT2D eigenvalue weighted by Crippen LogP contribution is 2.39. The van der Waals surface area contributed by atoms with Crippen LogP contribution in [0.5, 0.6) is 0 Å². The minimum absolute atomic E-state index is 0.209. The normalized spacial score (nSPS) is 22.0. The molecule has 4 amide bonds. The summed E-state index contributed by atoms with van der Waals surface area (Å²) in [6.07, 6.45) is 2.25. The molecule has 6 nitrogen and oxygen atoms in total. The third kappa shape index (κ3) is 3.05. The highest BCUT2D eigenvalue weighted by molar-refractivity contribution is 6.09. The fraction of sp³-hybridized carbons (Fsp3) is 0.318. The topological polar surface area (TPSA) is 78.5 Å². The van der Waals surface area contributed by atoms with Crippen LogP contribution in [0.4, 0.5) is 4.79 Å². The number of amides is 4. The van der Waals surface area contributed by atoms with Gasteiger partial charge in [0.2, 0.25) is 5.91 Å². The third-order valence-corrected chi connectivity index (χ3v) is 5.63. The molecule has 144 valence electrons. The molecule has 0 radical (unpaired) electrons. The van der Waals surface area contributed by atoms with Gasteiger partial charge in [-0.1, -0.05) is 54.6 Å². The average Bonchev–Trinajstić information content (AvgIpc) is 2.94. The lowest BCUT2D eigenvalue weighted by Crippen LogP contribution is -2.47.